The van der Waals surface area contributed by atoms with Crippen LogP contribution in [0.3, 0.4) is 0 Å². The van der Waals surface area contributed by atoms with Crippen LogP contribution in [0.5, 0.6) is 0 Å². The molecule has 0 aliphatic heterocycles. The van der Waals surface area contributed by atoms with E-state index in [-0.39, 0.29) is 0 Å². The molecule has 0 amide bonds. The summed E-state index contributed by atoms with van der Waals surface area (Å²) in [6, 6.07) is 0.578. The summed E-state index contributed by atoms with van der Waals surface area (Å²) < 4.78 is 0. The second-order valence-corrected chi connectivity index (χ2v) is 6.60. The van der Waals surface area contributed by atoms with Gasteiger partial charge in [-0.25, -0.2) is 4.98 Å². The van der Waals surface area contributed by atoms with Crippen molar-refractivity contribution in [1.82, 2.24) is 20.5 Å². The van der Waals surface area contributed by atoms with E-state index < -0.39 is 0 Å². The van der Waals surface area contributed by atoms with Crippen LogP contribution in [0.15, 0.2) is 4.99 Å². The summed E-state index contributed by atoms with van der Waals surface area (Å²) in [5.74, 6) is 0.847. The number of likely N-dealkylation sites (N-methyl/N-ethyl adjacent to an activating group) is 1. The van der Waals surface area contributed by atoms with Gasteiger partial charge in [0.05, 0.1) is 17.2 Å². The number of nitrogens with zero attached hydrogens (tertiary/aromatic N) is 3. The van der Waals surface area contributed by atoms with E-state index >= 15 is 0 Å². The van der Waals surface area contributed by atoms with Crippen LogP contribution in [0, 0.1) is 13.8 Å². The molecule has 21 heavy (non-hydrogen) atoms. The Morgan fingerprint density at radius 3 is 2.52 bits per heavy atom. The molecule has 1 heterocycles. The SMILES string of the molecule is CCN(CCNC(=NC)NCc1sc(C)nc1C)C(C)C. The van der Waals surface area contributed by atoms with Crippen LogP contribution in [0.1, 0.15) is 36.3 Å². The molecule has 0 atom stereocenters. The molecule has 5 nitrogen and oxygen atoms in total. The Balaban J connectivity index is 2.37. The third-order valence-corrected chi connectivity index (χ3v) is 4.54. The van der Waals surface area contributed by atoms with Gasteiger partial charge in [-0.05, 0) is 34.2 Å². The van der Waals surface area contributed by atoms with Crippen molar-refractivity contribution in [2.75, 3.05) is 26.7 Å². The Kier molecular flexibility index (Phi) is 7.67. The van der Waals surface area contributed by atoms with E-state index in [1.54, 1.807) is 18.4 Å². The van der Waals surface area contributed by atoms with Crippen molar-refractivity contribution in [1.29, 1.82) is 0 Å². The second-order valence-electron chi connectivity index (χ2n) is 5.32. The average Bonchev–Trinajstić information content (AvgIpc) is 2.76. The lowest BCUT2D eigenvalue weighted by Gasteiger charge is -2.25. The summed E-state index contributed by atoms with van der Waals surface area (Å²) in [5.41, 5.74) is 1.11. The number of hydrogen-bond donors (Lipinski definition) is 2. The molecule has 0 saturated carbocycles. The van der Waals surface area contributed by atoms with Crippen molar-refractivity contribution in [2.45, 2.75) is 47.2 Å². The van der Waals surface area contributed by atoms with Gasteiger partial charge >= 0.3 is 0 Å². The predicted octanol–water partition coefficient (Wildman–Crippen LogP) is 2.16. The van der Waals surface area contributed by atoms with Crippen LogP contribution in [-0.4, -0.2) is 48.6 Å². The minimum Gasteiger partial charge on any atom is -0.355 e. The van der Waals surface area contributed by atoms with Gasteiger partial charge in [0.2, 0.25) is 0 Å². The van der Waals surface area contributed by atoms with Gasteiger partial charge in [0, 0.05) is 31.1 Å². The molecule has 0 unspecified atom stereocenters. The first kappa shape index (κ1) is 17.9. The Morgan fingerprint density at radius 2 is 2.05 bits per heavy atom. The highest BCUT2D eigenvalue weighted by atomic mass is 32.1. The number of rotatable bonds is 7. The number of hydrogen-bond acceptors (Lipinski definition) is 4. The summed E-state index contributed by atoms with van der Waals surface area (Å²) in [4.78, 5) is 12.4. The maximum atomic E-state index is 4.44. The fourth-order valence-electron chi connectivity index (χ4n) is 2.22. The summed E-state index contributed by atoms with van der Waals surface area (Å²) in [5, 5.41) is 7.83. The molecule has 0 aliphatic rings. The molecule has 1 aromatic rings. The molecular weight excluding hydrogens is 282 g/mol. The van der Waals surface area contributed by atoms with Gasteiger partial charge < -0.3 is 10.6 Å². The van der Waals surface area contributed by atoms with Gasteiger partial charge in [0.15, 0.2) is 5.96 Å². The van der Waals surface area contributed by atoms with Crippen molar-refractivity contribution >= 4 is 17.3 Å². The lowest BCUT2D eigenvalue weighted by atomic mass is 10.3. The summed E-state index contributed by atoms with van der Waals surface area (Å²) >= 11 is 1.74. The smallest absolute Gasteiger partial charge is 0.191 e. The highest BCUT2D eigenvalue weighted by molar-refractivity contribution is 7.11. The zero-order valence-corrected chi connectivity index (χ0v) is 15.0. The quantitative estimate of drug-likeness (QED) is 0.598. The molecule has 6 heteroatoms. The van der Waals surface area contributed by atoms with E-state index in [2.05, 4.69) is 53.2 Å². The lowest BCUT2D eigenvalue weighted by Crippen LogP contribution is -2.42. The minimum atomic E-state index is 0.578. The van der Waals surface area contributed by atoms with Crippen molar-refractivity contribution in [3.05, 3.63) is 15.6 Å². The van der Waals surface area contributed by atoms with Crippen molar-refractivity contribution in [3.8, 4) is 0 Å². The van der Waals surface area contributed by atoms with Gasteiger partial charge in [-0.1, -0.05) is 6.92 Å². The van der Waals surface area contributed by atoms with E-state index in [0.29, 0.717) is 6.04 Å². The number of aryl methyl sites for hydroxylation is 2. The Bertz CT molecular complexity index is 453. The van der Waals surface area contributed by atoms with Crippen molar-refractivity contribution in [2.24, 2.45) is 4.99 Å². The molecule has 0 radical (unpaired) electrons. The van der Waals surface area contributed by atoms with Crippen LogP contribution in [0.25, 0.3) is 0 Å². The molecule has 0 bridgehead atoms. The normalized spacial score (nSPS) is 12.3. The number of thiazole rings is 1. The Labute approximate surface area is 132 Å². The molecule has 0 spiro atoms. The summed E-state index contributed by atoms with van der Waals surface area (Å²) in [7, 11) is 1.81. The third-order valence-electron chi connectivity index (χ3n) is 3.47. The predicted molar refractivity (Wildman–Crippen MR) is 92.2 cm³/mol. The monoisotopic (exact) mass is 311 g/mol. The number of aromatic nitrogens is 1. The summed E-state index contributed by atoms with van der Waals surface area (Å²) in [6.45, 7) is 14.5. The average molecular weight is 311 g/mol. The Morgan fingerprint density at radius 1 is 1.33 bits per heavy atom. The van der Waals surface area contributed by atoms with Crippen LogP contribution in [0.4, 0.5) is 0 Å². The number of guanidine groups is 1. The van der Waals surface area contributed by atoms with Crippen LogP contribution >= 0.6 is 11.3 Å². The van der Waals surface area contributed by atoms with Crippen LogP contribution < -0.4 is 10.6 Å². The largest absolute Gasteiger partial charge is 0.355 e. The highest BCUT2D eigenvalue weighted by Crippen LogP contribution is 2.16. The van der Waals surface area contributed by atoms with Crippen LogP contribution in [0.2, 0.25) is 0 Å². The zero-order valence-electron chi connectivity index (χ0n) is 14.2. The molecule has 1 rings (SSSR count). The fraction of sp³-hybridized carbons (Fsp3) is 0.733. The van der Waals surface area contributed by atoms with Gasteiger partial charge in [-0.15, -0.1) is 11.3 Å². The molecule has 2 N–H and O–H groups in total. The molecule has 0 saturated heterocycles. The topological polar surface area (TPSA) is 52.5 Å². The maximum absolute atomic E-state index is 4.44. The minimum absolute atomic E-state index is 0.578. The fourth-order valence-corrected chi connectivity index (χ4v) is 3.10. The molecule has 120 valence electrons. The van der Waals surface area contributed by atoms with E-state index in [0.717, 1.165) is 42.8 Å². The number of nitrogens with one attached hydrogen (secondary N) is 2. The van der Waals surface area contributed by atoms with Gasteiger partial charge in [0.1, 0.15) is 0 Å². The molecular formula is C15H29N5S. The lowest BCUT2D eigenvalue weighted by molar-refractivity contribution is 0.237. The zero-order chi connectivity index (χ0) is 15.8. The molecule has 0 fully saturated rings. The van der Waals surface area contributed by atoms with E-state index in [1.807, 2.05) is 6.92 Å². The van der Waals surface area contributed by atoms with Crippen molar-refractivity contribution < 1.29 is 0 Å². The first-order valence-corrected chi connectivity index (χ1v) is 8.41. The van der Waals surface area contributed by atoms with Gasteiger partial charge in [-0.2, -0.15) is 0 Å². The molecule has 0 aromatic carbocycles. The van der Waals surface area contributed by atoms with E-state index in [4.69, 9.17) is 0 Å². The highest BCUT2D eigenvalue weighted by Gasteiger charge is 2.08. The van der Waals surface area contributed by atoms with Gasteiger partial charge in [-0.3, -0.25) is 9.89 Å². The van der Waals surface area contributed by atoms with E-state index in [9.17, 15) is 0 Å². The molecule has 1 aromatic heterocycles. The first-order chi connectivity index (χ1) is 9.97. The van der Waals surface area contributed by atoms with Gasteiger partial charge in [0.25, 0.3) is 0 Å². The second kappa shape index (κ2) is 9.00. The first-order valence-electron chi connectivity index (χ1n) is 7.59. The van der Waals surface area contributed by atoms with E-state index in [1.165, 1.54) is 4.88 Å². The molecule has 0 aliphatic carbocycles. The van der Waals surface area contributed by atoms with Crippen LogP contribution in [-0.2, 0) is 6.54 Å². The summed E-state index contributed by atoms with van der Waals surface area (Å²) in [6.07, 6.45) is 0. The maximum Gasteiger partial charge on any atom is 0.191 e. The van der Waals surface area contributed by atoms with Crippen molar-refractivity contribution in [3.63, 3.8) is 0 Å². The Hall–Kier alpha value is -1.14. The third kappa shape index (κ3) is 6.01. The number of aliphatic imine (C=N–C) groups is 1. The standard InChI is InChI=1S/C15H29N5S/c1-7-20(11(2)3)9-8-17-15(16-6)18-10-14-12(4)19-13(5)21-14/h11H,7-10H2,1-6H3,(H2,16,17,18).